The van der Waals surface area contributed by atoms with Crippen LogP contribution in [0.5, 0.6) is 11.5 Å². The number of methoxy groups -OCH3 is 1. The minimum atomic E-state index is -0.834. The number of ether oxygens (including phenoxy) is 3. The number of benzene rings is 3. The molecule has 0 saturated heterocycles. The maximum Gasteiger partial charge on any atom is 0.338 e. The highest BCUT2D eigenvalue weighted by Gasteiger charge is 2.33. The Morgan fingerprint density at radius 3 is 2.65 bits per heavy atom. The summed E-state index contributed by atoms with van der Waals surface area (Å²) in [5, 5.41) is 9.39. The zero-order valence-corrected chi connectivity index (χ0v) is 26.4. The molecule has 0 N–H and O–H groups in total. The Labute approximate surface area is 264 Å². The lowest BCUT2D eigenvalue weighted by atomic mass is 9.96. The number of esters is 1. The fraction of sp³-hybridized carbons (Fsp3) is 0.188. The summed E-state index contributed by atoms with van der Waals surface area (Å²) in [4.78, 5) is 31.9. The van der Waals surface area contributed by atoms with Crippen molar-refractivity contribution in [2.24, 2.45) is 4.99 Å². The third-order valence-electron chi connectivity index (χ3n) is 6.76. The predicted octanol–water partition coefficient (Wildman–Crippen LogP) is 5.00. The molecular formula is C32H25FIN3O5S. The van der Waals surface area contributed by atoms with Gasteiger partial charge >= 0.3 is 5.97 Å². The number of aromatic nitrogens is 1. The minimum absolute atomic E-state index is 0.154. The van der Waals surface area contributed by atoms with Crippen LogP contribution in [0.4, 0.5) is 4.39 Å². The third-order valence-corrected chi connectivity index (χ3v) is 8.55. The van der Waals surface area contributed by atoms with Gasteiger partial charge in [-0.1, -0.05) is 41.7 Å². The van der Waals surface area contributed by atoms with Crippen molar-refractivity contribution < 1.29 is 23.4 Å². The molecule has 0 spiro atoms. The van der Waals surface area contributed by atoms with Crippen molar-refractivity contribution in [1.29, 1.82) is 5.26 Å². The van der Waals surface area contributed by atoms with Crippen LogP contribution in [0.25, 0.3) is 6.08 Å². The zero-order chi connectivity index (χ0) is 30.7. The summed E-state index contributed by atoms with van der Waals surface area (Å²) in [5.41, 5.74) is 2.83. The molecule has 0 fully saturated rings. The standard InChI is InChI=1S/C32H25FIN3O5S/c1-4-41-31(39)27-18(2)36-32-37(28(27)20-9-11-23(33)12-10-20)30(38)26(43-32)15-19-13-24(34)29(25(14-19)40-3)42-17-22-8-6-5-7-21(22)16-35/h5-15,28H,4,17H2,1-3H3/b26-15-/t28-/m0/s1. The first-order chi connectivity index (χ1) is 20.7. The molecule has 0 radical (unpaired) electrons. The number of carbonyl (C=O) groups excluding carboxylic acids is 1. The van der Waals surface area contributed by atoms with Crippen LogP contribution in [0.3, 0.4) is 0 Å². The van der Waals surface area contributed by atoms with E-state index in [1.807, 2.05) is 18.2 Å². The Morgan fingerprint density at radius 1 is 1.21 bits per heavy atom. The summed E-state index contributed by atoms with van der Waals surface area (Å²) < 4.78 is 33.4. The zero-order valence-electron chi connectivity index (χ0n) is 23.4. The average Bonchev–Trinajstić information content (AvgIpc) is 3.30. The monoisotopic (exact) mass is 709 g/mol. The normalized spacial score (nSPS) is 14.5. The molecule has 43 heavy (non-hydrogen) atoms. The summed E-state index contributed by atoms with van der Waals surface area (Å²) in [6.07, 6.45) is 1.73. The van der Waals surface area contributed by atoms with Gasteiger partial charge in [-0.3, -0.25) is 9.36 Å². The number of thiazole rings is 1. The lowest BCUT2D eigenvalue weighted by Gasteiger charge is -2.24. The van der Waals surface area contributed by atoms with Gasteiger partial charge in [-0.25, -0.2) is 14.2 Å². The molecule has 4 aromatic rings. The lowest BCUT2D eigenvalue weighted by molar-refractivity contribution is -0.139. The molecule has 11 heteroatoms. The Morgan fingerprint density at radius 2 is 1.95 bits per heavy atom. The molecule has 0 bridgehead atoms. The van der Waals surface area contributed by atoms with E-state index < -0.39 is 17.8 Å². The van der Waals surface area contributed by atoms with Crippen LogP contribution in [0, 0.1) is 20.7 Å². The van der Waals surface area contributed by atoms with Gasteiger partial charge in [-0.15, -0.1) is 0 Å². The van der Waals surface area contributed by atoms with Crippen molar-refractivity contribution in [3.63, 3.8) is 0 Å². The lowest BCUT2D eigenvalue weighted by Crippen LogP contribution is -2.39. The maximum atomic E-state index is 13.9. The topological polar surface area (TPSA) is 103 Å². The van der Waals surface area contributed by atoms with Crippen LogP contribution in [0.15, 0.2) is 81.7 Å². The summed E-state index contributed by atoms with van der Waals surface area (Å²) in [5.74, 6) is -0.0371. The molecule has 5 rings (SSSR count). The molecular weight excluding hydrogens is 684 g/mol. The van der Waals surface area contributed by atoms with Gasteiger partial charge in [0.15, 0.2) is 16.3 Å². The van der Waals surface area contributed by atoms with Crippen LogP contribution in [-0.2, 0) is 16.1 Å². The van der Waals surface area contributed by atoms with Crippen LogP contribution in [0.1, 0.15) is 42.1 Å². The van der Waals surface area contributed by atoms with Gasteiger partial charge in [0.05, 0.1) is 50.8 Å². The molecule has 2 heterocycles. The van der Waals surface area contributed by atoms with Gasteiger partial charge in [-0.2, -0.15) is 5.26 Å². The number of nitriles is 1. The smallest absolute Gasteiger partial charge is 0.338 e. The van der Waals surface area contributed by atoms with E-state index in [2.05, 4.69) is 33.7 Å². The molecule has 1 atom stereocenters. The number of hydrogen-bond donors (Lipinski definition) is 0. The molecule has 218 valence electrons. The molecule has 0 aliphatic carbocycles. The number of carbonyl (C=O) groups is 1. The van der Waals surface area contributed by atoms with Crippen LogP contribution in [0.2, 0.25) is 0 Å². The molecule has 0 saturated carbocycles. The van der Waals surface area contributed by atoms with Gasteiger partial charge < -0.3 is 14.2 Å². The fourth-order valence-electron chi connectivity index (χ4n) is 4.77. The van der Waals surface area contributed by atoms with Crippen LogP contribution >= 0.6 is 33.9 Å². The first-order valence-corrected chi connectivity index (χ1v) is 15.1. The maximum absolute atomic E-state index is 13.9. The second-order valence-corrected chi connectivity index (χ2v) is 11.6. The van der Waals surface area contributed by atoms with E-state index >= 15 is 0 Å². The van der Waals surface area contributed by atoms with Crippen molar-refractivity contribution in [3.8, 4) is 17.6 Å². The molecule has 8 nitrogen and oxygen atoms in total. The molecule has 3 aromatic carbocycles. The Hall–Kier alpha value is -4.28. The van der Waals surface area contributed by atoms with E-state index in [4.69, 9.17) is 14.2 Å². The van der Waals surface area contributed by atoms with Crippen molar-refractivity contribution in [1.82, 2.24) is 4.57 Å². The molecule has 0 amide bonds. The van der Waals surface area contributed by atoms with E-state index in [1.54, 1.807) is 50.3 Å². The van der Waals surface area contributed by atoms with E-state index in [9.17, 15) is 19.2 Å². The molecule has 1 aliphatic rings. The number of allylic oxidation sites excluding steroid dienone is 1. The second kappa shape index (κ2) is 12.9. The van der Waals surface area contributed by atoms with Crippen molar-refractivity contribution >= 4 is 46.0 Å². The van der Waals surface area contributed by atoms with E-state index in [0.717, 1.165) is 9.13 Å². The quantitative estimate of drug-likeness (QED) is 0.189. The number of rotatable bonds is 8. The van der Waals surface area contributed by atoms with E-state index in [-0.39, 0.29) is 24.3 Å². The minimum Gasteiger partial charge on any atom is -0.493 e. The van der Waals surface area contributed by atoms with E-state index in [0.29, 0.717) is 43.2 Å². The number of hydrogen-bond acceptors (Lipinski definition) is 8. The molecule has 0 unspecified atom stereocenters. The Kier molecular flexibility index (Phi) is 9.08. The van der Waals surface area contributed by atoms with Crippen LogP contribution in [-0.4, -0.2) is 24.3 Å². The van der Waals surface area contributed by atoms with Gasteiger partial charge in [0, 0.05) is 5.56 Å². The number of nitrogens with zero attached hydrogens (tertiary/aromatic N) is 3. The summed E-state index contributed by atoms with van der Waals surface area (Å²) in [6.45, 7) is 3.73. The third kappa shape index (κ3) is 6.11. The van der Waals surface area contributed by atoms with Crippen molar-refractivity contribution in [2.75, 3.05) is 13.7 Å². The molecule has 1 aromatic heterocycles. The van der Waals surface area contributed by atoms with Crippen molar-refractivity contribution in [2.45, 2.75) is 26.5 Å². The first kappa shape index (κ1) is 30.2. The van der Waals surface area contributed by atoms with Gasteiger partial charge in [-0.05, 0) is 84.0 Å². The SMILES string of the molecule is CCOC(=O)C1=C(C)N=c2s/c(=C\c3cc(I)c(OCc4ccccc4C#N)c(OC)c3)c(=O)n2[C@H]1c1ccc(F)cc1. The average molecular weight is 710 g/mol. The van der Waals surface area contributed by atoms with Crippen molar-refractivity contribution in [3.05, 3.63) is 123 Å². The van der Waals surface area contributed by atoms with Gasteiger partial charge in [0.1, 0.15) is 12.4 Å². The summed E-state index contributed by atoms with van der Waals surface area (Å²) in [7, 11) is 1.53. The number of halogens is 2. The highest BCUT2D eigenvalue weighted by molar-refractivity contribution is 14.1. The fourth-order valence-corrected chi connectivity index (χ4v) is 6.60. The summed E-state index contributed by atoms with van der Waals surface area (Å²) >= 11 is 3.33. The first-order valence-electron chi connectivity index (χ1n) is 13.2. The highest BCUT2D eigenvalue weighted by atomic mass is 127. The summed E-state index contributed by atoms with van der Waals surface area (Å²) in [6, 6.07) is 17.9. The van der Waals surface area contributed by atoms with Gasteiger partial charge in [0.2, 0.25) is 0 Å². The number of fused-ring (bicyclic) bond motifs is 1. The Bertz CT molecular complexity index is 1980. The Balaban J connectivity index is 1.57. The second-order valence-electron chi connectivity index (χ2n) is 9.45. The van der Waals surface area contributed by atoms with Gasteiger partial charge in [0.25, 0.3) is 5.56 Å². The van der Waals surface area contributed by atoms with Crippen LogP contribution < -0.4 is 24.4 Å². The molecule has 1 aliphatic heterocycles. The van der Waals surface area contributed by atoms with E-state index in [1.165, 1.54) is 35.1 Å². The predicted molar refractivity (Wildman–Crippen MR) is 168 cm³/mol. The largest absolute Gasteiger partial charge is 0.493 e. The highest BCUT2D eigenvalue weighted by Crippen LogP contribution is 2.35.